The third kappa shape index (κ3) is 5.33. The minimum absolute atomic E-state index is 0.191. The summed E-state index contributed by atoms with van der Waals surface area (Å²) < 4.78 is 5.75. The van der Waals surface area contributed by atoms with Gasteiger partial charge in [0.05, 0.1) is 18.3 Å². The quantitative estimate of drug-likeness (QED) is 0.363. The summed E-state index contributed by atoms with van der Waals surface area (Å²) in [6.07, 6.45) is 7.30. The van der Waals surface area contributed by atoms with Crippen LogP contribution in [-0.4, -0.2) is 36.4 Å². The Morgan fingerprint density at radius 2 is 1.87 bits per heavy atom. The molecule has 160 valence electrons. The number of aliphatic imine (C=N–C) groups is 1. The number of nitrogens with one attached hydrogen (secondary N) is 2. The van der Waals surface area contributed by atoms with Crippen LogP contribution >= 0.6 is 0 Å². The van der Waals surface area contributed by atoms with Crippen LogP contribution < -0.4 is 10.6 Å². The smallest absolute Gasteiger partial charge is 0.196 e. The van der Waals surface area contributed by atoms with Gasteiger partial charge < -0.3 is 20.5 Å². The molecule has 30 heavy (non-hydrogen) atoms. The fourth-order valence-electron chi connectivity index (χ4n) is 4.38. The average Bonchev–Trinajstić information content (AvgIpc) is 3.29. The Bertz CT molecular complexity index is 847. The largest absolute Gasteiger partial charge is 0.506 e. The van der Waals surface area contributed by atoms with Gasteiger partial charge in [0.15, 0.2) is 5.96 Å². The Morgan fingerprint density at radius 1 is 1.03 bits per heavy atom. The van der Waals surface area contributed by atoms with Gasteiger partial charge in [-0.05, 0) is 54.9 Å². The second kappa shape index (κ2) is 9.98. The van der Waals surface area contributed by atoms with E-state index in [1.807, 2.05) is 30.3 Å². The molecule has 3 atom stereocenters. The van der Waals surface area contributed by atoms with Crippen LogP contribution in [-0.2, 0) is 4.74 Å². The van der Waals surface area contributed by atoms with Crippen LogP contribution in [0.15, 0.2) is 53.5 Å². The van der Waals surface area contributed by atoms with Crippen LogP contribution in [0.3, 0.4) is 0 Å². The van der Waals surface area contributed by atoms with Gasteiger partial charge in [-0.1, -0.05) is 56.2 Å². The van der Waals surface area contributed by atoms with Gasteiger partial charge >= 0.3 is 0 Å². The van der Waals surface area contributed by atoms with E-state index in [9.17, 15) is 5.11 Å². The molecule has 2 aliphatic rings. The Labute approximate surface area is 179 Å². The van der Waals surface area contributed by atoms with Crippen molar-refractivity contribution in [1.29, 1.82) is 0 Å². The standard InChI is InChI=1S/C25H33N3O2/c1-18-8-5-6-12-22(18)27-25(26-17-21-11-7-15-30-21)28-23-16-20(13-14-24(23)29)19-9-3-2-4-10-19/h2-4,9-10,13-14,16,18,21-22,29H,5-8,11-12,15,17H2,1H3,(H2,26,27,28). The van der Waals surface area contributed by atoms with Gasteiger partial charge in [-0.15, -0.1) is 0 Å². The summed E-state index contributed by atoms with van der Waals surface area (Å²) in [6, 6.07) is 16.3. The summed E-state index contributed by atoms with van der Waals surface area (Å²) in [5.41, 5.74) is 2.84. The molecule has 0 aromatic heterocycles. The number of ether oxygens (including phenoxy) is 1. The van der Waals surface area contributed by atoms with E-state index in [1.54, 1.807) is 6.07 Å². The first-order valence-corrected chi connectivity index (χ1v) is 11.3. The third-order valence-electron chi connectivity index (χ3n) is 6.27. The van der Waals surface area contributed by atoms with E-state index < -0.39 is 0 Å². The van der Waals surface area contributed by atoms with Crippen molar-refractivity contribution in [2.75, 3.05) is 18.5 Å². The summed E-state index contributed by atoms with van der Waals surface area (Å²) in [7, 11) is 0. The monoisotopic (exact) mass is 407 g/mol. The van der Waals surface area contributed by atoms with Crippen molar-refractivity contribution >= 4 is 11.6 Å². The van der Waals surface area contributed by atoms with Crippen LogP contribution in [0.5, 0.6) is 5.75 Å². The number of rotatable bonds is 5. The summed E-state index contributed by atoms with van der Waals surface area (Å²) in [5.74, 6) is 1.56. The van der Waals surface area contributed by atoms with Crippen molar-refractivity contribution in [3.63, 3.8) is 0 Å². The number of guanidine groups is 1. The molecular formula is C25H33N3O2. The van der Waals surface area contributed by atoms with Crippen LogP contribution in [0.1, 0.15) is 45.4 Å². The lowest BCUT2D eigenvalue weighted by Gasteiger charge is -2.31. The van der Waals surface area contributed by atoms with Crippen molar-refractivity contribution < 1.29 is 9.84 Å². The fourth-order valence-corrected chi connectivity index (χ4v) is 4.38. The van der Waals surface area contributed by atoms with E-state index in [1.165, 1.54) is 19.3 Å². The number of phenolic OH excluding ortho intramolecular Hbond substituents is 1. The van der Waals surface area contributed by atoms with Crippen molar-refractivity contribution in [3.05, 3.63) is 48.5 Å². The molecule has 3 N–H and O–H groups in total. The van der Waals surface area contributed by atoms with Gasteiger partial charge in [0, 0.05) is 12.6 Å². The van der Waals surface area contributed by atoms with Crippen LogP contribution in [0.4, 0.5) is 5.69 Å². The number of nitrogens with zero attached hydrogens (tertiary/aromatic N) is 1. The lowest BCUT2D eigenvalue weighted by molar-refractivity contribution is 0.117. The minimum Gasteiger partial charge on any atom is -0.506 e. The van der Waals surface area contributed by atoms with Gasteiger partial charge in [0.2, 0.25) is 0 Å². The maximum atomic E-state index is 10.5. The second-order valence-electron chi connectivity index (χ2n) is 8.56. The molecule has 2 aromatic rings. The topological polar surface area (TPSA) is 65.9 Å². The van der Waals surface area contributed by atoms with Gasteiger partial charge in [0.1, 0.15) is 5.75 Å². The Hall–Kier alpha value is -2.53. The summed E-state index contributed by atoms with van der Waals surface area (Å²) in [5, 5.41) is 17.5. The molecule has 1 saturated carbocycles. The van der Waals surface area contributed by atoms with E-state index >= 15 is 0 Å². The van der Waals surface area contributed by atoms with Crippen molar-refractivity contribution in [2.45, 2.75) is 57.6 Å². The molecule has 4 rings (SSSR count). The minimum atomic E-state index is 0.191. The van der Waals surface area contributed by atoms with Crippen LogP contribution in [0.2, 0.25) is 0 Å². The normalized spacial score (nSPS) is 24.6. The summed E-state index contributed by atoms with van der Waals surface area (Å²) in [6.45, 7) is 3.77. The SMILES string of the molecule is CC1CCCCC1NC(=NCC1CCCO1)Nc1cc(-c2ccccc2)ccc1O. The molecule has 1 heterocycles. The number of aromatic hydroxyl groups is 1. The molecule has 1 aliphatic carbocycles. The molecule has 3 unspecified atom stereocenters. The van der Waals surface area contributed by atoms with Gasteiger partial charge in [0.25, 0.3) is 0 Å². The maximum absolute atomic E-state index is 10.5. The highest BCUT2D eigenvalue weighted by Gasteiger charge is 2.23. The lowest BCUT2D eigenvalue weighted by atomic mass is 9.86. The molecule has 0 spiro atoms. The molecular weight excluding hydrogens is 374 g/mol. The summed E-state index contributed by atoms with van der Waals surface area (Å²) >= 11 is 0. The number of phenols is 1. The summed E-state index contributed by atoms with van der Waals surface area (Å²) in [4.78, 5) is 4.83. The average molecular weight is 408 g/mol. The van der Waals surface area contributed by atoms with Crippen molar-refractivity contribution in [3.8, 4) is 16.9 Å². The zero-order chi connectivity index (χ0) is 20.8. The number of benzene rings is 2. The van der Waals surface area contributed by atoms with E-state index in [0.717, 1.165) is 43.0 Å². The van der Waals surface area contributed by atoms with E-state index in [-0.39, 0.29) is 11.9 Å². The molecule has 0 amide bonds. The molecule has 1 aliphatic heterocycles. The molecule has 0 radical (unpaired) electrons. The Morgan fingerprint density at radius 3 is 2.63 bits per heavy atom. The molecule has 0 bridgehead atoms. The number of hydrogen-bond acceptors (Lipinski definition) is 3. The maximum Gasteiger partial charge on any atom is 0.196 e. The van der Waals surface area contributed by atoms with E-state index in [2.05, 4.69) is 29.7 Å². The highest BCUT2D eigenvalue weighted by atomic mass is 16.5. The van der Waals surface area contributed by atoms with Crippen LogP contribution in [0.25, 0.3) is 11.1 Å². The van der Waals surface area contributed by atoms with Crippen molar-refractivity contribution in [2.24, 2.45) is 10.9 Å². The first-order valence-electron chi connectivity index (χ1n) is 11.3. The second-order valence-corrected chi connectivity index (χ2v) is 8.56. The molecule has 2 fully saturated rings. The number of anilines is 1. The van der Waals surface area contributed by atoms with Gasteiger partial charge in [-0.25, -0.2) is 0 Å². The number of hydrogen-bond donors (Lipinski definition) is 3. The zero-order valence-electron chi connectivity index (χ0n) is 17.8. The Balaban J connectivity index is 1.54. The van der Waals surface area contributed by atoms with Crippen molar-refractivity contribution in [1.82, 2.24) is 5.32 Å². The lowest BCUT2D eigenvalue weighted by Crippen LogP contribution is -2.44. The predicted molar refractivity (Wildman–Crippen MR) is 123 cm³/mol. The highest BCUT2D eigenvalue weighted by molar-refractivity contribution is 5.96. The first kappa shape index (κ1) is 20.7. The molecule has 5 nitrogen and oxygen atoms in total. The Kier molecular flexibility index (Phi) is 6.90. The molecule has 5 heteroatoms. The van der Waals surface area contributed by atoms with E-state index in [4.69, 9.17) is 9.73 Å². The highest BCUT2D eigenvalue weighted by Crippen LogP contribution is 2.30. The van der Waals surface area contributed by atoms with E-state index in [0.29, 0.717) is 24.2 Å². The van der Waals surface area contributed by atoms with Crippen LogP contribution in [0, 0.1) is 5.92 Å². The van der Waals surface area contributed by atoms with Gasteiger partial charge in [-0.3, -0.25) is 4.99 Å². The molecule has 2 aromatic carbocycles. The first-order chi connectivity index (χ1) is 14.7. The fraction of sp³-hybridized carbons (Fsp3) is 0.480. The predicted octanol–water partition coefficient (Wildman–Crippen LogP) is 5.17. The van der Waals surface area contributed by atoms with Gasteiger partial charge in [-0.2, -0.15) is 0 Å². The third-order valence-corrected chi connectivity index (χ3v) is 6.27. The molecule has 1 saturated heterocycles. The zero-order valence-corrected chi connectivity index (χ0v) is 17.8.